The number of hydrogen-bond acceptors (Lipinski definition) is 4. The predicted octanol–water partition coefficient (Wildman–Crippen LogP) is 5.63. The standard InChI is InChI=1S/C26H37N3O3/c1-4-6-8-10-21-12-17-25(22(18-21)11-9-7-5-2)32-19-26(31)27-23-13-15-24(16-14-23)29-28-20(3)30/h12-18,29H,4-11,19H2,1-3H3,(H,27,31)(H,28,30). The fourth-order valence-corrected chi connectivity index (χ4v) is 3.41. The Morgan fingerprint density at radius 2 is 1.50 bits per heavy atom. The third-order valence-electron chi connectivity index (χ3n) is 5.15. The normalized spacial score (nSPS) is 10.5. The number of amides is 2. The molecule has 0 fully saturated rings. The molecule has 0 saturated heterocycles. The maximum atomic E-state index is 12.4. The molecule has 0 atom stereocenters. The van der Waals surface area contributed by atoms with Crippen LogP contribution in [-0.2, 0) is 22.4 Å². The van der Waals surface area contributed by atoms with Crippen LogP contribution in [0.1, 0.15) is 70.4 Å². The van der Waals surface area contributed by atoms with Gasteiger partial charge in [0, 0.05) is 12.6 Å². The van der Waals surface area contributed by atoms with Crippen LogP contribution in [-0.4, -0.2) is 18.4 Å². The molecule has 2 aromatic rings. The lowest BCUT2D eigenvalue weighted by Gasteiger charge is -2.14. The lowest BCUT2D eigenvalue weighted by molar-refractivity contribution is -0.119. The van der Waals surface area contributed by atoms with Crippen LogP contribution < -0.4 is 20.9 Å². The van der Waals surface area contributed by atoms with Gasteiger partial charge in [0.25, 0.3) is 5.91 Å². The van der Waals surface area contributed by atoms with E-state index in [2.05, 4.69) is 42.1 Å². The molecule has 2 amide bonds. The van der Waals surface area contributed by atoms with E-state index in [-0.39, 0.29) is 18.4 Å². The Morgan fingerprint density at radius 1 is 0.844 bits per heavy atom. The molecule has 6 nitrogen and oxygen atoms in total. The number of rotatable bonds is 14. The van der Waals surface area contributed by atoms with E-state index < -0.39 is 0 Å². The minimum absolute atomic E-state index is 0.0398. The van der Waals surface area contributed by atoms with Crippen molar-refractivity contribution in [3.8, 4) is 5.75 Å². The number of hydrogen-bond donors (Lipinski definition) is 3. The topological polar surface area (TPSA) is 79.5 Å². The summed E-state index contributed by atoms with van der Waals surface area (Å²) < 4.78 is 5.90. The van der Waals surface area contributed by atoms with Gasteiger partial charge in [0.05, 0.1) is 5.69 Å². The van der Waals surface area contributed by atoms with E-state index in [9.17, 15) is 9.59 Å². The fraction of sp³-hybridized carbons (Fsp3) is 0.462. The fourth-order valence-electron chi connectivity index (χ4n) is 3.41. The predicted molar refractivity (Wildman–Crippen MR) is 131 cm³/mol. The highest BCUT2D eigenvalue weighted by Gasteiger charge is 2.09. The van der Waals surface area contributed by atoms with Crippen LogP contribution >= 0.6 is 0 Å². The van der Waals surface area contributed by atoms with E-state index in [1.54, 1.807) is 24.3 Å². The average Bonchev–Trinajstić information content (AvgIpc) is 2.78. The first kappa shape index (κ1) is 25.2. The number of carbonyl (C=O) groups is 2. The second kappa shape index (κ2) is 14.1. The number of carbonyl (C=O) groups excluding carboxylic acids is 2. The van der Waals surface area contributed by atoms with Crippen molar-refractivity contribution < 1.29 is 14.3 Å². The summed E-state index contributed by atoms with van der Waals surface area (Å²) in [7, 11) is 0. The third-order valence-corrected chi connectivity index (χ3v) is 5.15. The number of aryl methyl sites for hydroxylation is 2. The molecule has 0 heterocycles. The Labute approximate surface area is 192 Å². The first-order valence-corrected chi connectivity index (χ1v) is 11.7. The molecule has 0 aliphatic heterocycles. The lowest BCUT2D eigenvalue weighted by atomic mass is 10.0. The minimum atomic E-state index is -0.209. The van der Waals surface area contributed by atoms with E-state index in [0.29, 0.717) is 5.69 Å². The molecule has 0 bridgehead atoms. The molecule has 0 spiro atoms. The summed E-state index contributed by atoms with van der Waals surface area (Å²) in [6.45, 7) is 5.80. The van der Waals surface area contributed by atoms with Crippen LogP contribution in [0.3, 0.4) is 0 Å². The molecule has 6 heteroatoms. The van der Waals surface area contributed by atoms with Gasteiger partial charge in [0.15, 0.2) is 6.61 Å². The van der Waals surface area contributed by atoms with Crippen molar-refractivity contribution in [2.45, 2.75) is 72.1 Å². The number of nitrogens with one attached hydrogen (secondary N) is 3. The number of hydrazine groups is 1. The number of unbranched alkanes of at least 4 members (excludes halogenated alkanes) is 4. The van der Waals surface area contributed by atoms with Crippen molar-refractivity contribution in [3.63, 3.8) is 0 Å². The maximum absolute atomic E-state index is 12.4. The first-order valence-electron chi connectivity index (χ1n) is 11.7. The van der Waals surface area contributed by atoms with Crippen molar-refractivity contribution in [3.05, 3.63) is 53.6 Å². The van der Waals surface area contributed by atoms with Crippen LogP contribution in [0.5, 0.6) is 5.75 Å². The lowest BCUT2D eigenvalue weighted by Crippen LogP contribution is -2.26. The van der Waals surface area contributed by atoms with Gasteiger partial charge in [-0.05, 0) is 67.1 Å². The molecule has 0 aliphatic rings. The molecule has 174 valence electrons. The first-order chi connectivity index (χ1) is 15.5. The van der Waals surface area contributed by atoms with Gasteiger partial charge in [0.1, 0.15) is 5.75 Å². The van der Waals surface area contributed by atoms with Crippen LogP contribution in [0.2, 0.25) is 0 Å². The summed E-state index contributed by atoms with van der Waals surface area (Å²) >= 11 is 0. The highest BCUT2D eigenvalue weighted by Crippen LogP contribution is 2.24. The van der Waals surface area contributed by atoms with Gasteiger partial charge in [0.2, 0.25) is 5.91 Å². The number of benzene rings is 2. The van der Waals surface area contributed by atoms with E-state index in [1.165, 1.54) is 50.2 Å². The summed E-state index contributed by atoms with van der Waals surface area (Å²) in [5.74, 6) is 0.409. The van der Waals surface area contributed by atoms with Crippen molar-refractivity contribution in [1.82, 2.24) is 5.43 Å². The van der Waals surface area contributed by atoms with Gasteiger partial charge in [-0.25, -0.2) is 0 Å². The van der Waals surface area contributed by atoms with Crippen LogP contribution in [0, 0.1) is 0 Å². The zero-order chi connectivity index (χ0) is 23.2. The van der Waals surface area contributed by atoms with Crippen molar-refractivity contribution in [2.24, 2.45) is 0 Å². The van der Waals surface area contributed by atoms with E-state index >= 15 is 0 Å². The largest absolute Gasteiger partial charge is 0.483 e. The molecule has 0 radical (unpaired) electrons. The molecule has 32 heavy (non-hydrogen) atoms. The van der Waals surface area contributed by atoms with Crippen LogP contribution in [0.25, 0.3) is 0 Å². The molecule has 0 saturated carbocycles. The monoisotopic (exact) mass is 439 g/mol. The number of ether oxygens (including phenoxy) is 1. The summed E-state index contributed by atoms with van der Waals surface area (Å²) in [6.07, 6.45) is 9.20. The Kier molecular flexibility index (Phi) is 11.1. The Bertz CT molecular complexity index is 850. The Hall–Kier alpha value is -3.02. The maximum Gasteiger partial charge on any atom is 0.262 e. The quantitative estimate of drug-likeness (QED) is 0.263. The summed E-state index contributed by atoms with van der Waals surface area (Å²) in [6, 6.07) is 13.5. The van der Waals surface area contributed by atoms with Gasteiger partial charge < -0.3 is 10.1 Å². The average molecular weight is 440 g/mol. The highest BCUT2D eigenvalue weighted by atomic mass is 16.5. The SMILES string of the molecule is CCCCCc1ccc(OCC(=O)Nc2ccc(NNC(C)=O)cc2)c(CCCCC)c1. The van der Waals surface area contributed by atoms with Crippen LogP contribution in [0.15, 0.2) is 42.5 Å². The molecular weight excluding hydrogens is 402 g/mol. The van der Waals surface area contributed by atoms with Gasteiger partial charge in [-0.15, -0.1) is 0 Å². The van der Waals surface area contributed by atoms with E-state index in [0.717, 1.165) is 30.7 Å². The minimum Gasteiger partial charge on any atom is -0.483 e. The summed E-state index contributed by atoms with van der Waals surface area (Å²) in [5.41, 5.74) is 9.21. The molecule has 0 aliphatic carbocycles. The zero-order valence-corrected chi connectivity index (χ0v) is 19.6. The molecule has 2 rings (SSSR count). The van der Waals surface area contributed by atoms with Crippen molar-refractivity contribution in [2.75, 3.05) is 17.3 Å². The second-order valence-corrected chi connectivity index (χ2v) is 8.08. The molecular formula is C26H37N3O3. The van der Waals surface area contributed by atoms with Gasteiger partial charge in [-0.3, -0.25) is 20.4 Å². The summed E-state index contributed by atoms with van der Waals surface area (Å²) in [4.78, 5) is 23.3. The van der Waals surface area contributed by atoms with Crippen LogP contribution in [0.4, 0.5) is 11.4 Å². The van der Waals surface area contributed by atoms with E-state index in [4.69, 9.17) is 4.74 Å². The molecule has 0 unspecified atom stereocenters. The van der Waals surface area contributed by atoms with E-state index in [1.807, 2.05) is 6.07 Å². The Balaban J connectivity index is 1.92. The summed E-state index contributed by atoms with van der Waals surface area (Å²) in [5, 5.41) is 2.84. The smallest absolute Gasteiger partial charge is 0.262 e. The third kappa shape index (κ3) is 9.41. The van der Waals surface area contributed by atoms with Crippen molar-refractivity contribution >= 4 is 23.2 Å². The van der Waals surface area contributed by atoms with Gasteiger partial charge >= 0.3 is 0 Å². The van der Waals surface area contributed by atoms with Crippen molar-refractivity contribution in [1.29, 1.82) is 0 Å². The molecule has 3 N–H and O–H groups in total. The molecule has 2 aromatic carbocycles. The highest BCUT2D eigenvalue weighted by molar-refractivity contribution is 5.92. The number of anilines is 2. The zero-order valence-electron chi connectivity index (χ0n) is 19.6. The molecule has 0 aromatic heterocycles. The Morgan fingerprint density at radius 3 is 2.16 bits per heavy atom. The van der Waals surface area contributed by atoms with Gasteiger partial charge in [-0.1, -0.05) is 51.7 Å². The second-order valence-electron chi connectivity index (χ2n) is 8.08. The van der Waals surface area contributed by atoms with Gasteiger partial charge in [-0.2, -0.15) is 0 Å².